The average molecular weight is 340 g/mol. The molecule has 0 N–H and O–H groups in total. The van der Waals surface area contributed by atoms with Crippen molar-refractivity contribution in [2.45, 2.75) is 19.9 Å². The predicted octanol–water partition coefficient (Wildman–Crippen LogP) is 3.41. The molecule has 0 spiro atoms. The van der Waals surface area contributed by atoms with Gasteiger partial charge < -0.3 is 9.30 Å². The van der Waals surface area contributed by atoms with E-state index in [1.807, 2.05) is 49.4 Å². The fourth-order valence-electron chi connectivity index (χ4n) is 2.54. The largest absolute Gasteiger partial charge is 0.380 e. The Hall–Kier alpha value is -2.24. The Labute approximate surface area is 145 Å². The molecule has 0 fully saturated rings. The summed E-state index contributed by atoms with van der Waals surface area (Å²) in [6.45, 7) is 3.96. The van der Waals surface area contributed by atoms with Crippen LogP contribution in [0, 0.1) is 0 Å². The summed E-state index contributed by atoms with van der Waals surface area (Å²) in [6.07, 6.45) is 0.320. The summed E-state index contributed by atoms with van der Waals surface area (Å²) in [7, 11) is 0. The molecule has 1 amide bonds. The number of benzene rings is 2. The monoisotopic (exact) mass is 340 g/mol. The minimum atomic E-state index is -0.127. The third kappa shape index (κ3) is 3.99. The van der Waals surface area contributed by atoms with Crippen LogP contribution in [0.4, 0.5) is 0 Å². The molecule has 1 aromatic heterocycles. The number of carbonyl (C=O) groups is 1. The van der Waals surface area contributed by atoms with E-state index in [-0.39, 0.29) is 5.91 Å². The number of nitrogens with zero attached hydrogens (tertiary/aromatic N) is 2. The van der Waals surface area contributed by atoms with Crippen molar-refractivity contribution >= 4 is 27.5 Å². The van der Waals surface area contributed by atoms with Crippen LogP contribution in [0.5, 0.6) is 0 Å². The third-order valence-electron chi connectivity index (χ3n) is 3.67. The molecular weight excluding hydrogens is 320 g/mol. The maximum Gasteiger partial charge on any atom is 0.252 e. The van der Waals surface area contributed by atoms with E-state index in [9.17, 15) is 4.79 Å². The van der Waals surface area contributed by atoms with Gasteiger partial charge in [-0.15, -0.1) is 0 Å². The summed E-state index contributed by atoms with van der Waals surface area (Å²) in [6, 6.07) is 17.8. The topological polar surface area (TPSA) is 43.6 Å². The van der Waals surface area contributed by atoms with Crippen LogP contribution in [-0.4, -0.2) is 23.7 Å². The summed E-state index contributed by atoms with van der Waals surface area (Å²) < 4.78 is 8.66. The van der Waals surface area contributed by atoms with E-state index in [0.717, 1.165) is 20.6 Å². The molecule has 1 heterocycles. The number of fused-ring (bicyclic) bond motifs is 1. The first-order chi connectivity index (χ1) is 11.8. The van der Waals surface area contributed by atoms with Gasteiger partial charge in [-0.05, 0) is 24.6 Å². The van der Waals surface area contributed by atoms with Crippen LogP contribution in [-0.2, 0) is 22.5 Å². The fourth-order valence-corrected chi connectivity index (χ4v) is 3.61. The first-order valence-electron chi connectivity index (χ1n) is 8.05. The van der Waals surface area contributed by atoms with Gasteiger partial charge in [0.05, 0.1) is 23.2 Å². The zero-order valence-electron chi connectivity index (χ0n) is 13.6. The second-order valence-electron chi connectivity index (χ2n) is 5.37. The molecule has 3 aromatic rings. The van der Waals surface area contributed by atoms with Crippen LogP contribution in [0.25, 0.3) is 10.2 Å². The van der Waals surface area contributed by atoms with Crippen molar-refractivity contribution in [2.24, 2.45) is 4.99 Å². The first kappa shape index (κ1) is 16.6. The minimum absolute atomic E-state index is 0.127. The zero-order valence-corrected chi connectivity index (χ0v) is 14.5. The lowest BCUT2D eigenvalue weighted by Gasteiger charge is -2.05. The van der Waals surface area contributed by atoms with Crippen molar-refractivity contribution in [3.8, 4) is 0 Å². The van der Waals surface area contributed by atoms with Crippen LogP contribution in [0.2, 0.25) is 0 Å². The number of hydrogen-bond donors (Lipinski definition) is 0. The zero-order chi connectivity index (χ0) is 16.8. The molecule has 0 aliphatic heterocycles. The minimum Gasteiger partial charge on any atom is -0.380 e. The number of rotatable bonds is 6. The molecule has 0 unspecified atom stereocenters. The lowest BCUT2D eigenvalue weighted by atomic mass is 10.1. The molecule has 3 rings (SSSR count). The maximum atomic E-state index is 12.3. The number of aromatic nitrogens is 1. The van der Waals surface area contributed by atoms with Crippen LogP contribution in [0.3, 0.4) is 0 Å². The molecule has 0 saturated carbocycles. The van der Waals surface area contributed by atoms with Crippen LogP contribution >= 0.6 is 11.3 Å². The van der Waals surface area contributed by atoms with Crippen molar-refractivity contribution < 1.29 is 9.53 Å². The summed E-state index contributed by atoms with van der Waals surface area (Å²) in [5.41, 5.74) is 2.07. The van der Waals surface area contributed by atoms with Gasteiger partial charge in [0.25, 0.3) is 5.91 Å². The maximum absolute atomic E-state index is 12.3. The molecule has 0 radical (unpaired) electrons. The Kier molecular flexibility index (Phi) is 5.56. The van der Waals surface area contributed by atoms with E-state index in [1.165, 1.54) is 0 Å². The number of para-hydroxylation sites is 1. The quantitative estimate of drug-likeness (QED) is 0.646. The number of amides is 1. The van der Waals surface area contributed by atoms with E-state index < -0.39 is 0 Å². The SMILES string of the molecule is CCOCCn1c(=NC(=O)Cc2ccccc2)sc2ccccc21. The van der Waals surface area contributed by atoms with Crippen LogP contribution in [0.1, 0.15) is 12.5 Å². The molecule has 0 atom stereocenters. The number of ether oxygens (including phenoxy) is 1. The highest BCUT2D eigenvalue weighted by Gasteiger charge is 2.08. The summed E-state index contributed by atoms with van der Waals surface area (Å²) in [5.74, 6) is -0.127. The summed E-state index contributed by atoms with van der Waals surface area (Å²) in [4.78, 5) is 17.4. The lowest BCUT2D eigenvalue weighted by Crippen LogP contribution is -2.20. The van der Waals surface area contributed by atoms with Crippen LogP contribution < -0.4 is 4.80 Å². The highest BCUT2D eigenvalue weighted by Crippen LogP contribution is 2.16. The Balaban J connectivity index is 1.91. The molecular formula is C19H20N2O2S. The van der Waals surface area contributed by atoms with Gasteiger partial charge in [-0.25, -0.2) is 0 Å². The number of carbonyl (C=O) groups excluding carboxylic acids is 1. The summed E-state index contributed by atoms with van der Waals surface area (Å²) >= 11 is 1.54. The Morgan fingerprint density at radius 1 is 1.12 bits per heavy atom. The molecule has 0 saturated heterocycles. The highest BCUT2D eigenvalue weighted by molar-refractivity contribution is 7.16. The lowest BCUT2D eigenvalue weighted by molar-refractivity contribution is -0.117. The highest BCUT2D eigenvalue weighted by atomic mass is 32.1. The van der Waals surface area contributed by atoms with Crippen molar-refractivity contribution in [1.29, 1.82) is 0 Å². The van der Waals surface area contributed by atoms with Gasteiger partial charge >= 0.3 is 0 Å². The van der Waals surface area contributed by atoms with Crippen molar-refractivity contribution in [3.63, 3.8) is 0 Å². The Morgan fingerprint density at radius 2 is 1.88 bits per heavy atom. The van der Waals surface area contributed by atoms with Gasteiger partial charge in [0.2, 0.25) is 0 Å². The molecule has 24 heavy (non-hydrogen) atoms. The van der Waals surface area contributed by atoms with E-state index >= 15 is 0 Å². The van der Waals surface area contributed by atoms with Gasteiger partial charge in [-0.3, -0.25) is 4.79 Å². The van der Waals surface area contributed by atoms with Crippen molar-refractivity contribution in [2.75, 3.05) is 13.2 Å². The van der Waals surface area contributed by atoms with E-state index in [0.29, 0.717) is 26.2 Å². The second kappa shape index (κ2) is 8.04. The van der Waals surface area contributed by atoms with Gasteiger partial charge in [-0.1, -0.05) is 53.8 Å². The molecule has 124 valence electrons. The van der Waals surface area contributed by atoms with E-state index in [4.69, 9.17) is 4.74 Å². The van der Waals surface area contributed by atoms with Gasteiger partial charge in [0.15, 0.2) is 4.80 Å². The van der Waals surface area contributed by atoms with Gasteiger partial charge in [0.1, 0.15) is 0 Å². The molecule has 0 bridgehead atoms. The molecule has 5 heteroatoms. The molecule has 2 aromatic carbocycles. The molecule has 4 nitrogen and oxygen atoms in total. The number of thiazole rings is 1. The van der Waals surface area contributed by atoms with Gasteiger partial charge in [0, 0.05) is 13.2 Å². The second-order valence-corrected chi connectivity index (χ2v) is 6.38. The van der Waals surface area contributed by atoms with E-state index in [1.54, 1.807) is 11.3 Å². The van der Waals surface area contributed by atoms with Gasteiger partial charge in [-0.2, -0.15) is 4.99 Å². The normalized spacial score (nSPS) is 12.0. The summed E-state index contributed by atoms with van der Waals surface area (Å²) in [5, 5.41) is 0. The van der Waals surface area contributed by atoms with Crippen molar-refractivity contribution in [3.05, 3.63) is 65.0 Å². The standard InChI is InChI=1S/C19H20N2O2S/c1-2-23-13-12-21-16-10-6-7-11-17(16)24-19(21)20-18(22)14-15-8-4-3-5-9-15/h3-11H,2,12-14H2,1H3. The molecule has 0 aliphatic carbocycles. The molecule has 0 aliphatic rings. The van der Waals surface area contributed by atoms with Crippen molar-refractivity contribution in [1.82, 2.24) is 4.57 Å². The Morgan fingerprint density at radius 3 is 2.67 bits per heavy atom. The Bertz CT molecular complexity index is 881. The fraction of sp³-hybridized carbons (Fsp3) is 0.263. The predicted molar refractivity (Wildman–Crippen MR) is 97.0 cm³/mol. The van der Waals surface area contributed by atoms with Crippen LogP contribution in [0.15, 0.2) is 59.6 Å². The average Bonchev–Trinajstić information content (AvgIpc) is 2.93. The van der Waals surface area contributed by atoms with E-state index in [2.05, 4.69) is 21.7 Å². The first-order valence-corrected chi connectivity index (χ1v) is 8.87. The third-order valence-corrected chi connectivity index (χ3v) is 4.73. The smallest absolute Gasteiger partial charge is 0.252 e. The number of hydrogen-bond acceptors (Lipinski definition) is 3.